The molecule has 2 aliphatic carbocycles. The highest BCUT2D eigenvalue weighted by Gasteiger charge is 2.57. The molecule has 3 aliphatic rings. The molecule has 0 radical (unpaired) electrons. The van der Waals surface area contributed by atoms with Gasteiger partial charge in [-0.15, -0.1) is 0 Å². The fourth-order valence-electron chi connectivity index (χ4n) is 5.01. The molecular formula is C25H26N4O4. The van der Waals surface area contributed by atoms with E-state index in [4.69, 9.17) is 0 Å². The minimum Gasteiger partial charge on any atom is -0.411 e. The third kappa shape index (κ3) is 3.55. The van der Waals surface area contributed by atoms with Gasteiger partial charge in [0.15, 0.2) is 5.54 Å². The summed E-state index contributed by atoms with van der Waals surface area (Å²) in [6.45, 7) is 2.13. The molecule has 2 fully saturated rings. The molecule has 4 amide bonds. The molecule has 0 bridgehead atoms. The van der Waals surface area contributed by atoms with Gasteiger partial charge in [0.05, 0.1) is 5.71 Å². The van der Waals surface area contributed by atoms with Crippen molar-refractivity contribution in [2.75, 3.05) is 6.54 Å². The largest absolute Gasteiger partial charge is 0.411 e. The number of amides is 4. The number of carbonyl (C=O) groups excluding carboxylic acids is 3. The van der Waals surface area contributed by atoms with Crippen molar-refractivity contribution in [3.8, 4) is 0 Å². The van der Waals surface area contributed by atoms with Gasteiger partial charge in [-0.3, -0.25) is 14.5 Å². The van der Waals surface area contributed by atoms with Gasteiger partial charge in [-0.1, -0.05) is 59.8 Å². The molecule has 1 heterocycles. The highest BCUT2D eigenvalue weighted by atomic mass is 16.4. The van der Waals surface area contributed by atoms with E-state index < -0.39 is 17.5 Å². The fraction of sp³-hybridized carbons (Fsp3) is 0.360. The first kappa shape index (κ1) is 21.2. The molecular weight excluding hydrogens is 420 g/mol. The van der Waals surface area contributed by atoms with Gasteiger partial charge in [-0.25, -0.2) is 4.79 Å². The normalized spacial score (nSPS) is 23.7. The van der Waals surface area contributed by atoms with Gasteiger partial charge >= 0.3 is 6.03 Å². The topological polar surface area (TPSA) is 102 Å². The Balaban J connectivity index is 1.40. The second-order valence-electron chi connectivity index (χ2n) is 9.08. The molecule has 2 aromatic rings. The maximum absolute atomic E-state index is 13.5. The summed E-state index contributed by atoms with van der Waals surface area (Å²) in [5.74, 6) is -0.316. The smallest absolute Gasteiger partial charge is 0.325 e. The number of nitrogens with zero attached hydrogens (tertiary/aromatic N) is 3. The van der Waals surface area contributed by atoms with Crippen molar-refractivity contribution in [2.24, 2.45) is 11.1 Å². The minimum atomic E-state index is -1.35. The summed E-state index contributed by atoms with van der Waals surface area (Å²) in [5, 5.41) is 15.6. The van der Waals surface area contributed by atoms with E-state index in [1.54, 1.807) is 29.2 Å². The molecule has 1 aliphatic heterocycles. The SMILES string of the molecule is CC(C1CC1)N(Cc1ccccc1)C(=O)CN1C(=O)N[C@]2(CC(=NO)c3ccccc32)C1=O. The summed E-state index contributed by atoms with van der Waals surface area (Å²) >= 11 is 0. The van der Waals surface area contributed by atoms with Crippen molar-refractivity contribution < 1.29 is 19.6 Å². The van der Waals surface area contributed by atoms with Gasteiger partial charge in [0.1, 0.15) is 6.54 Å². The van der Waals surface area contributed by atoms with Crippen LogP contribution in [0.1, 0.15) is 42.9 Å². The van der Waals surface area contributed by atoms with Crippen LogP contribution in [0.5, 0.6) is 0 Å². The van der Waals surface area contributed by atoms with Crippen molar-refractivity contribution in [2.45, 2.75) is 44.3 Å². The van der Waals surface area contributed by atoms with Crippen LogP contribution in [0.15, 0.2) is 59.8 Å². The standard InChI is InChI=1S/C25H26N4O4/c1-16(18-11-12-18)28(14-17-7-3-2-4-8-17)22(30)15-29-23(31)25(26-24(29)32)13-21(27-33)19-9-5-6-10-20(19)25/h2-10,16,18,33H,11-15H2,1H3,(H,26,32)/t16?,25-/m0/s1. The van der Waals surface area contributed by atoms with Gasteiger partial charge in [-0.05, 0) is 36.8 Å². The Bertz CT molecular complexity index is 1140. The van der Waals surface area contributed by atoms with Crippen LogP contribution < -0.4 is 5.32 Å². The molecule has 1 saturated heterocycles. The van der Waals surface area contributed by atoms with Gasteiger partial charge in [0.25, 0.3) is 5.91 Å². The van der Waals surface area contributed by atoms with Crippen molar-refractivity contribution in [1.29, 1.82) is 0 Å². The first-order chi connectivity index (χ1) is 15.9. The first-order valence-corrected chi connectivity index (χ1v) is 11.2. The number of nitrogens with one attached hydrogen (secondary N) is 1. The van der Waals surface area contributed by atoms with Crippen LogP contribution in [0.25, 0.3) is 0 Å². The van der Waals surface area contributed by atoms with Gasteiger partial charge in [-0.2, -0.15) is 0 Å². The molecule has 1 unspecified atom stereocenters. The van der Waals surface area contributed by atoms with E-state index in [1.807, 2.05) is 37.3 Å². The summed E-state index contributed by atoms with van der Waals surface area (Å²) in [6.07, 6.45) is 2.20. The molecule has 170 valence electrons. The lowest BCUT2D eigenvalue weighted by Gasteiger charge is -2.31. The number of rotatable bonds is 6. The third-order valence-electron chi connectivity index (χ3n) is 7.03. The van der Waals surface area contributed by atoms with Gasteiger partial charge in [0, 0.05) is 24.6 Å². The Hall–Kier alpha value is -3.68. The van der Waals surface area contributed by atoms with Crippen LogP contribution in [0.3, 0.4) is 0 Å². The van der Waals surface area contributed by atoms with Crippen LogP contribution in [0.4, 0.5) is 4.79 Å². The third-order valence-corrected chi connectivity index (χ3v) is 7.03. The van der Waals surface area contributed by atoms with E-state index in [9.17, 15) is 19.6 Å². The number of fused-ring (bicyclic) bond motifs is 2. The second-order valence-corrected chi connectivity index (χ2v) is 9.08. The summed E-state index contributed by atoms with van der Waals surface area (Å²) in [7, 11) is 0. The number of carbonyl (C=O) groups is 3. The van der Waals surface area contributed by atoms with Crippen molar-refractivity contribution in [1.82, 2.24) is 15.1 Å². The molecule has 2 atom stereocenters. The van der Waals surface area contributed by atoms with E-state index in [2.05, 4.69) is 10.5 Å². The number of benzene rings is 2. The summed E-state index contributed by atoms with van der Waals surface area (Å²) in [5.41, 5.74) is 1.19. The molecule has 8 nitrogen and oxygen atoms in total. The van der Waals surface area contributed by atoms with Crippen LogP contribution in [-0.2, 0) is 21.7 Å². The Labute approximate surface area is 191 Å². The van der Waals surface area contributed by atoms with E-state index in [0.29, 0.717) is 29.3 Å². The zero-order valence-corrected chi connectivity index (χ0v) is 18.4. The number of urea groups is 1. The predicted molar refractivity (Wildman–Crippen MR) is 120 cm³/mol. The fourth-order valence-corrected chi connectivity index (χ4v) is 5.01. The molecule has 5 rings (SSSR count). The highest BCUT2D eigenvalue weighted by Crippen LogP contribution is 2.42. The van der Waals surface area contributed by atoms with Crippen LogP contribution in [-0.4, -0.2) is 51.2 Å². The predicted octanol–water partition coefficient (Wildman–Crippen LogP) is 2.84. The Morgan fingerprint density at radius 3 is 2.58 bits per heavy atom. The maximum atomic E-state index is 13.5. The van der Waals surface area contributed by atoms with E-state index in [1.165, 1.54) is 0 Å². The molecule has 1 spiro atoms. The van der Waals surface area contributed by atoms with Crippen LogP contribution >= 0.6 is 0 Å². The van der Waals surface area contributed by atoms with Crippen molar-refractivity contribution >= 4 is 23.6 Å². The average Bonchev–Trinajstić information content (AvgIpc) is 3.60. The lowest BCUT2D eigenvalue weighted by atomic mass is 9.92. The number of imide groups is 1. The Kier molecular flexibility index (Phi) is 5.15. The van der Waals surface area contributed by atoms with Crippen LogP contribution in [0, 0.1) is 5.92 Å². The van der Waals surface area contributed by atoms with Crippen molar-refractivity contribution in [3.05, 3.63) is 71.3 Å². The molecule has 2 N–H and O–H groups in total. The lowest BCUT2D eigenvalue weighted by Crippen LogP contribution is -2.47. The Morgan fingerprint density at radius 1 is 1.18 bits per heavy atom. The molecule has 0 aromatic heterocycles. The van der Waals surface area contributed by atoms with E-state index >= 15 is 0 Å². The summed E-state index contributed by atoms with van der Waals surface area (Å²) in [6, 6.07) is 16.2. The number of oxime groups is 1. The van der Waals surface area contributed by atoms with E-state index in [-0.39, 0.29) is 24.9 Å². The summed E-state index contributed by atoms with van der Waals surface area (Å²) < 4.78 is 0. The quantitative estimate of drug-likeness (QED) is 0.405. The monoisotopic (exact) mass is 446 g/mol. The molecule has 2 aromatic carbocycles. The highest BCUT2D eigenvalue weighted by molar-refractivity contribution is 6.17. The number of hydrogen-bond acceptors (Lipinski definition) is 5. The van der Waals surface area contributed by atoms with E-state index in [0.717, 1.165) is 23.3 Å². The van der Waals surface area contributed by atoms with Gasteiger partial charge in [0.2, 0.25) is 5.91 Å². The molecule has 1 saturated carbocycles. The van der Waals surface area contributed by atoms with Gasteiger partial charge < -0.3 is 15.4 Å². The number of hydrogen-bond donors (Lipinski definition) is 2. The zero-order chi connectivity index (χ0) is 23.2. The Morgan fingerprint density at radius 2 is 1.88 bits per heavy atom. The average molecular weight is 447 g/mol. The molecule has 33 heavy (non-hydrogen) atoms. The maximum Gasteiger partial charge on any atom is 0.325 e. The summed E-state index contributed by atoms with van der Waals surface area (Å²) in [4.78, 5) is 42.6. The second kappa shape index (κ2) is 8.03. The lowest BCUT2D eigenvalue weighted by molar-refractivity contribution is -0.140. The molecule has 8 heteroatoms. The minimum absolute atomic E-state index is 0.0211. The van der Waals surface area contributed by atoms with Crippen molar-refractivity contribution in [3.63, 3.8) is 0 Å². The van der Waals surface area contributed by atoms with Crippen LogP contribution in [0.2, 0.25) is 0 Å². The first-order valence-electron chi connectivity index (χ1n) is 11.2. The zero-order valence-electron chi connectivity index (χ0n) is 18.4.